The molecular weight excluding hydrogens is 362 g/mol. The fraction of sp³-hybridized carbons (Fsp3) is 0.600. The number of carbonyl (C=O) groups excluding carboxylic acids is 2. The molecule has 5 rings (SSSR count). The third kappa shape index (κ3) is 2.71. The van der Waals surface area contributed by atoms with Crippen molar-refractivity contribution in [3.63, 3.8) is 0 Å². The Hall–Kier alpha value is -2.10. The number of para-hydroxylation sites is 1. The molecule has 0 saturated heterocycles. The zero-order valence-corrected chi connectivity index (χ0v) is 17.4. The minimum Gasteiger partial charge on any atom is -0.507 e. The van der Waals surface area contributed by atoms with Crippen LogP contribution in [0.3, 0.4) is 0 Å². The lowest BCUT2D eigenvalue weighted by Gasteiger charge is -2.58. The van der Waals surface area contributed by atoms with Crippen LogP contribution >= 0.6 is 0 Å². The van der Waals surface area contributed by atoms with Crippen LogP contribution in [0.15, 0.2) is 35.9 Å². The minimum absolute atomic E-state index is 0.0700. The van der Waals surface area contributed by atoms with E-state index in [-0.39, 0.29) is 40.0 Å². The fourth-order valence-corrected chi connectivity index (χ4v) is 7.41. The predicted molar refractivity (Wildman–Crippen MR) is 111 cm³/mol. The summed E-state index contributed by atoms with van der Waals surface area (Å²) in [5.41, 5.74) is 0.692. The van der Waals surface area contributed by atoms with Crippen molar-refractivity contribution >= 4 is 11.7 Å². The molecule has 3 saturated carbocycles. The van der Waals surface area contributed by atoms with Crippen LogP contribution in [0.2, 0.25) is 0 Å². The van der Waals surface area contributed by atoms with Crippen molar-refractivity contribution in [1.29, 1.82) is 0 Å². The Labute approximate surface area is 172 Å². The lowest BCUT2D eigenvalue weighted by molar-refractivity contribution is -0.122. The topological polar surface area (TPSA) is 66.4 Å². The second kappa shape index (κ2) is 6.45. The van der Waals surface area contributed by atoms with Gasteiger partial charge in [0.15, 0.2) is 0 Å². The van der Waals surface area contributed by atoms with Gasteiger partial charge in [0, 0.05) is 11.5 Å². The number of fused-ring (bicyclic) bond motifs is 5. The summed E-state index contributed by atoms with van der Waals surface area (Å²) in [5, 5.41) is 13.3. The molecule has 6 atom stereocenters. The Morgan fingerprint density at radius 2 is 1.86 bits per heavy atom. The van der Waals surface area contributed by atoms with Crippen LogP contribution in [0.5, 0.6) is 5.75 Å². The lowest BCUT2D eigenvalue weighted by Crippen LogP contribution is -2.60. The molecule has 0 radical (unpaired) electrons. The van der Waals surface area contributed by atoms with E-state index in [2.05, 4.69) is 19.2 Å². The highest BCUT2D eigenvalue weighted by molar-refractivity contribution is 6.26. The SMILES string of the molecule is C[C@@]12CCC[C@H]1[C@@H]1CC[C@H]3NC(=O)C(C(=O)c4ccccc4O)=C[C@]3(C)[C@H]1CC2. The average Bonchev–Trinajstić information content (AvgIpc) is 3.10. The average molecular weight is 394 g/mol. The van der Waals surface area contributed by atoms with Gasteiger partial charge in [-0.3, -0.25) is 9.59 Å². The first-order valence-electron chi connectivity index (χ1n) is 11.2. The Balaban J connectivity index is 1.53. The van der Waals surface area contributed by atoms with Crippen molar-refractivity contribution in [1.82, 2.24) is 5.32 Å². The zero-order chi connectivity index (χ0) is 20.4. The van der Waals surface area contributed by atoms with E-state index in [9.17, 15) is 14.7 Å². The molecular formula is C25H31NO3. The van der Waals surface area contributed by atoms with Gasteiger partial charge in [-0.25, -0.2) is 0 Å². The van der Waals surface area contributed by atoms with Crippen LogP contribution in [0.4, 0.5) is 0 Å². The molecule has 0 unspecified atom stereocenters. The van der Waals surface area contributed by atoms with Crippen molar-refractivity contribution in [2.45, 2.75) is 64.8 Å². The second-order valence-electron chi connectivity index (χ2n) is 10.3. The van der Waals surface area contributed by atoms with Gasteiger partial charge in [-0.2, -0.15) is 0 Å². The number of amides is 1. The van der Waals surface area contributed by atoms with Crippen molar-refractivity contribution in [2.24, 2.45) is 28.6 Å². The molecule has 3 fully saturated rings. The van der Waals surface area contributed by atoms with Crippen LogP contribution in [-0.2, 0) is 4.79 Å². The normalized spacial score (nSPS) is 40.9. The summed E-state index contributed by atoms with van der Waals surface area (Å²) in [5.74, 6) is 1.24. The standard InChI is InChI=1S/C25H31NO3/c1-24-12-5-7-18(24)15-9-10-21-25(2,19(15)11-13-24)14-17(23(29)26-21)22(28)16-6-3-4-8-20(16)27/h3-4,6,8,14-15,18-19,21,27H,5,7,9-13H2,1-2H3,(H,26,29)/t15-,18-,19-,21+,24-,25+/m0/s1. The number of aromatic hydroxyl groups is 1. The van der Waals surface area contributed by atoms with Gasteiger partial charge in [0.2, 0.25) is 5.78 Å². The van der Waals surface area contributed by atoms with Gasteiger partial charge < -0.3 is 10.4 Å². The number of hydrogen-bond donors (Lipinski definition) is 2. The maximum atomic E-state index is 13.2. The number of carbonyl (C=O) groups is 2. The predicted octanol–water partition coefficient (Wildman–Crippen LogP) is 4.63. The van der Waals surface area contributed by atoms with Crippen molar-refractivity contribution in [3.05, 3.63) is 41.5 Å². The van der Waals surface area contributed by atoms with Gasteiger partial charge in [-0.05, 0) is 73.8 Å². The lowest BCUT2D eigenvalue weighted by atomic mass is 9.48. The first-order chi connectivity index (χ1) is 13.8. The van der Waals surface area contributed by atoms with Gasteiger partial charge in [0.1, 0.15) is 5.75 Å². The summed E-state index contributed by atoms with van der Waals surface area (Å²) in [6.07, 6.45) is 10.6. The molecule has 3 aliphatic carbocycles. The Kier molecular flexibility index (Phi) is 4.20. The fourth-order valence-electron chi connectivity index (χ4n) is 7.41. The molecule has 0 spiro atoms. The number of phenols is 1. The number of benzene rings is 1. The molecule has 29 heavy (non-hydrogen) atoms. The van der Waals surface area contributed by atoms with Crippen LogP contribution in [0, 0.1) is 28.6 Å². The summed E-state index contributed by atoms with van der Waals surface area (Å²) in [4.78, 5) is 26.0. The van der Waals surface area contributed by atoms with E-state index >= 15 is 0 Å². The summed E-state index contributed by atoms with van der Waals surface area (Å²) in [7, 11) is 0. The summed E-state index contributed by atoms with van der Waals surface area (Å²) >= 11 is 0. The third-order valence-electron chi connectivity index (χ3n) is 8.96. The number of Topliss-reactive ketones (excluding diaryl/α,β-unsaturated/α-hetero) is 1. The Morgan fingerprint density at radius 1 is 1.07 bits per heavy atom. The first kappa shape index (κ1) is 18.9. The van der Waals surface area contributed by atoms with Crippen molar-refractivity contribution < 1.29 is 14.7 Å². The summed E-state index contributed by atoms with van der Waals surface area (Å²) in [6.45, 7) is 4.74. The maximum absolute atomic E-state index is 13.2. The van der Waals surface area contributed by atoms with E-state index in [1.807, 2.05) is 6.08 Å². The Morgan fingerprint density at radius 3 is 2.66 bits per heavy atom. The van der Waals surface area contributed by atoms with Crippen LogP contribution in [0.25, 0.3) is 0 Å². The molecule has 1 aliphatic heterocycles. The number of hydrogen-bond acceptors (Lipinski definition) is 3. The van der Waals surface area contributed by atoms with E-state index in [1.165, 1.54) is 44.6 Å². The first-order valence-corrected chi connectivity index (χ1v) is 11.2. The molecule has 0 aromatic heterocycles. The third-order valence-corrected chi connectivity index (χ3v) is 8.96. The van der Waals surface area contributed by atoms with Gasteiger partial charge in [-0.1, -0.05) is 38.5 Å². The molecule has 4 nitrogen and oxygen atoms in total. The molecule has 154 valence electrons. The number of ketones is 1. The molecule has 1 aromatic rings. The van der Waals surface area contributed by atoms with Crippen LogP contribution in [-0.4, -0.2) is 22.8 Å². The smallest absolute Gasteiger partial charge is 0.255 e. The highest BCUT2D eigenvalue weighted by Crippen LogP contribution is 2.63. The monoisotopic (exact) mass is 393 g/mol. The number of nitrogens with one attached hydrogen (secondary N) is 1. The second-order valence-corrected chi connectivity index (χ2v) is 10.3. The van der Waals surface area contributed by atoms with E-state index < -0.39 is 0 Å². The van der Waals surface area contributed by atoms with Crippen molar-refractivity contribution in [3.8, 4) is 5.75 Å². The molecule has 1 heterocycles. The van der Waals surface area contributed by atoms with Gasteiger partial charge >= 0.3 is 0 Å². The van der Waals surface area contributed by atoms with Gasteiger partial charge in [-0.15, -0.1) is 0 Å². The van der Waals surface area contributed by atoms with Gasteiger partial charge in [0.25, 0.3) is 5.91 Å². The van der Waals surface area contributed by atoms with E-state index in [4.69, 9.17) is 0 Å². The molecule has 1 aromatic carbocycles. The van der Waals surface area contributed by atoms with Crippen LogP contribution in [0.1, 0.15) is 69.2 Å². The summed E-state index contributed by atoms with van der Waals surface area (Å²) < 4.78 is 0. The quantitative estimate of drug-likeness (QED) is 0.569. The zero-order valence-electron chi connectivity index (χ0n) is 17.4. The number of phenolic OH excluding ortho intramolecular Hbond substituents is 1. The van der Waals surface area contributed by atoms with Crippen LogP contribution < -0.4 is 5.32 Å². The Bertz CT molecular complexity index is 905. The highest BCUT2D eigenvalue weighted by atomic mass is 16.3. The summed E-state index contributed by atoms with van der Waals surface area (Å²) in [6, 6.07) is 6.59. The molecule has 2 N–H and O–H groups in total. The van der Waals surface area contributed by atoms with Gasteiger partial charge in [0.05, 0.1) is 11.1 Å². The van der Waals surface area contributed by atoms with Crippen molar-refractivity contribution in [2.75, 3.05) is 0 Å². The largest absolute Gasteiger partial charge is 0.507 e. The van der Waals surface area contributed by atoms with E-state index in [0.717, 1.165) is 12.3 Å². The highest BCUT2D eigenvalue weighted by Gasteiger charge is 2.58. The molecule has 0 bridgehead atoms. The maximum Gasteiger partial charge on any atom is 0.255 e. The molecule has 4 heteroatoms. The van der Waals surface area contributed by atoms with E-state index in [0.29, 0.717) is 17.3 Å². The number of rotatable bonds is 2. The molecule has 1 amide bonds. The minimum atomic E-state index is -0.371. The molecule has 4 aliphatic rings. The van der Waals surface area contributed by atoms with E-state index in [1.54, 1.807) is 18.2 Å².